The van der Waals surface area contributed by atoms with Crippen molar-refractivity contribution >= 4 is 5.91 Å². The quantitative estimate of drug-likeness (QED) is 0.924. The molecule has 1 saturated carbocycles. The van der Waals surface area contributed by atoms with Crippen LogP contribution in [0.1, 0.15) is 66.7 Å². The normalized spacial score (nSPS) is 26.8. The molecule has 2 aromatic heterocycles. The lowest BCUT2D eigenvalue weighted by Gasteiger charge is -2.25. The van der Waals surface area contributed by atoms with Gasteiger partial charge in [0.1, 0.15) is 0 Å². The van der Waals surface area contributed by atoms with Crippen LogP contribution < -0.4 is 5.73 Å². The molecule has 1 aliphatic carbocycles. The summed E-state index contributed by atoms with van der Waals surface area (Å²) in [6.07, 6.45) is 11.4. The molecule has 0 radical (unpaired) electrons. The van der Waals surface area contributed by atoms with Gasteiger partial charge in [-0.1, -0.05) is 11.3 Å². The summed E-state index contributed by atoms with van der Waals surface area (Å²) < 4.78 is 1.86. The lowest BCUT2D eigenvalue weighted by Crippen LogP contribution is -2.31. The van der Waals surface area contributed by atoms with Crippen LogP contribution in [0.25, 0.3) is 0 Å². The van der Waals surface area contributed by atoms with Crippen molar-refractivity contribution in [2.24, 2.45) is 5.73 Å². The maximum atomic E-state index is 12.9. The fraction of sp³-hybridized carbons (Fsp3) is 0.556. The van der Waals surface area contributed by atoms with E-state index in [9.17, 15) is 4.79 Å². The first-order chi connectivity index (χ1) is 12.2. The maximum Gasteiger partial charge on any atom is 0.276 e. The molecule has 1 aliphatic heterocycles. The third kappa shape index (κ3) is 3.28. The van der Waals surface area contributed by atoms with Gasteiger partial charge in [0.2, 0.25) is 0 Å². The van der Waals surface area contributed by atoms with Crippen LogP contribution in [0.2, 0.25) is 0 Å². The Bertz CT molecular complexity index is 722. The second-order valence-electron chi connectivity index (χ2n) is 7.10. The average molecular weight is 340 g/mol. The van der Waals surface area contributed by atoms with E-state index < -0.39 is 0 Å². The largest absolute Gasteiger partial charge is 0.330 e. The van der Waals surface area contributed by atoms with Crippen LogP contribution in [0, 0.1) is 0 Å². The predicted molar refractivity (Wildman–Crippen MR) is 92.8 cm³/mol. The van der Waals surface area contributed by atoms with Gasteiger partial charge in [-0.05, 0) is 50.2 Å². The first-order valence-corrected chi connectivity index (χ1v) is 9.10. The van der Waals surface area contributed by atoms with Gasteiger partial charge in [0, 0.05) is 25.0 Å². The second kappa shape index (κ2) is 6.92. The zero-order chi connectivity index (χ0) is 17.2. The Labute approximate surface area is 147 Å². The van der Waals surface area contributed by atoms with E-state index in [1.54, 1.807) is 6.20 Å². The lowest BCUT2D eigenvalue weighted by molar-refractivity contribution is 0.0729. The zero-order valence-corrected chi connectivity index (χ0v) is 14.3. The first kappa shape index (κ1) is 16.2. The molecule has 1 unspecified atom stereocenters. The molecular weight excluding hydrogens is 316 g/mol. The predicted octanol–water partition coefficient (Wildman–Crippen LogP) is 2.09. The Morgan fingerprint density at radius 2 is 2.04 bits per heavy atom. The molecule has 2 fully saturated rings. The molecule has 0 aromatic carbocycles. The number of carbonyl (C=O) groups is 1. The van der Waals surface area contributed by atoms with Crippen molar-refractivity contribution in [2.45, 2.75) is 56.7 Å². The molecule has 25 heavy (non-hydrogen) atoms. The number of pyridine rings is 1. The van der Waals surface area contributed by atoms with Crippen molar-refractivity contribution in [3.8, 4) is 0 Å². The fourth-order valence-corrected chi connectivity index (χ4v) is 4.00. The van der Waals surface area contributed by atoms with Crippen LogP contribution in [0.4, 0.5) is 0 Å². The van der Waals surface area contributed by atoms with Crippen molar-refractivity contribution in [3.63, 3.8) is 0 Å². The average Bonchev–Trinajstić information content (AvgIpc) is 3.32. The summed E-state index contributed by atoms with van der Waals surface area (Å²) in [6.45, 7) is 0.754. The highest BCUT2D eigenvalue weighted by Crippen LogP contribution is 2.33. The van der Waals surface area contributed by atoms with Crippen molar-refractivity contribution in [1.29, 1.82) is 0 Å². The lowest BCUT2D eigenvalue weighted by atomic mass is 9.92. The molecule has 0 bridgehead atoms. The molecule has 7 heteroatoms. The Morgan fingerprint density at radius 1 is 1.20 bits per heavy atom. The molecule has 3 heterocycles. The van der Waals surface area contributed by atoms with Gasteiger partial charge in [0.25, 0.3) is 5.91 Å². The molecule has 2 aromatic rings. The van der Waals surface area contributed by atoms with Crippen molar-refractivity contribution in [1.82, 2.24) is 24.9 Å². The molecule has 1 saturated heterocycles. The summed E-state index contributed by atoms with van der Waals surface area (Å²) >= 11 is 0. The van der Waals surface area contributed by atoms with Gasteiger partial charge in [0.05, 0.1) is 18.3 Å². The van der Waals surface area contributed by atoms with E-state index in [0.29, 0.717) is 17.8 Å². The van der Waals surface area contributed by atoms with Crippen LogP contribution in [-0.4, -0.2) is 43.4 Å². The van der Waals surface area contributed by atoms with Crippen molar-refractivity contribution < 1.29 is 4.79 Å². The Balaban J connectivity index is 1.49. The van der Waals surface area contributed by atoms with Gasteiger partial charge in [-0.25, -0.2) is 4.68 Å². The number of nitrogens with two attached hydrogens (primary N) is 1. The highest BCUT2D eigenvalue weighted by molar-refractivity contribution is 5.92. The van der Waals surface area contributed by atoms with Gasteiger partial charge in [0.15, 0.2) is 5.69 Å². The third-order valence-electron chi connectivity index (χ3n) is 5.43. The number of likely N-dealkylation sites (tertiary alicyclic amines) is 1. The maximum absolute atomic E-state index is 12.9. The van der Waals surface area contributed by atoms with E-state index in [2.05, 4.69) is 15.3 Å². The molecule has 2 N–H and O–H groups in total. The number of rotatable bonds is 3. The molecule has 132 valence electrons. The first-order valence-electron chi connectivity index (χ1n) is 9.10. The van der Waals surface area contributed by atoms with Crippen molar-refractivity contribution in [2.75, 3.05) is 6.54 Å². The Kier molecular flexibility index (Phi) is 4.48. The third-order valence-corrected chi connectivity index (χ3v) is 5.43. The van der Waals surface area contributed by atoms with Gasteiger partial charge in [-0.3, -0.25) is 9.78 Å². The van der Waals surface area contributed by atoms with Crippen molar-refractivity contribution in [3.05, 3.63) is 42.0 Å². The molecule has 0 spiro atoms. The number of amides is 1. The smallest absolute Gasteiger partial charge is 0.276 e. The van der Waals surface area contributed by atoms with E-state index in [1.165, 1.54) is 0 Å². The van der Waals surface area contributed by atoms with Gasteiger partial charge in [-0.15, -0.1) is 5.10 Å². The number of nitrogens with zero attached hydrogens (tertiary/aromatic N) is 5. The van der Waals surface area contributed by atoms with Gasteiger partial charge in [-0.2, -0.15) is 0 Å². The molecule has 2 aliphatic rings. The standard InChI is InChI=1S/C18H24N6O/c19-14-5-7-15(8-6-14)24-12-16(21-22-24)18(25)23-10-2-4-17(23)13-3-1-9-20-11-13/h1,3,9,11-12,14-15,17H,2,4-8,10,19H2. The van der Waals surface area contributed by atoms with Crippen LogP contribution in [0.5, 0.6) is 0 Å². The highest BCUT2D eigenvalue weighted by atomic mass is 16.2. The summed E-state index contributed by atoms with van der Waals surface area (Å²) in [7, 11) is 0. The number of carbonyl (C=O) groups excluding carboxylic acids is 1. The molecule has 4 rings (SSSR count). The highest BCUT2D eigenvalue weighted by Gasteiger charge is 2.32. The topological polar surface area (TPSA) is 89.9 Å². The Hall–Kier alpha value is -2.28. The number of aromatic nitrogens is 4. The summed E-state index contributed by atoms with van der Waals surface area (Å²) in [5.74, 6) is -0.0369. The van der Waals surface area contributed by atoms with E-state index in [1.807, 2.05) is 34.1 Å². The minimum Gasteiger partial charge on any atom is -0.330 e. The minimum atomic E-state index is -0.0369. The Morgan fingerprint density at radius 3 is 2.80 bits per heavy atom. The minimum absolute atomic E-state index is 0.0369. The van der Waals surface area contributed by atoms with Gasteiger partial charge < -0.3 is 10.6 Å². The van der Waals surface area contributed by atoms with Gasteiger partial charge >= 0.3 is 0 Å². The van der Waals surface area contributed by atoms with Crippen LogP contribution in [-0.2, 0) is 0 Å². The molecule has 7 nitrogen and oxygen atoms in total. The fourth-order valence-electron chi connectivity index (χ4n) is 4.00. The number of hydrogen-bond acceptors (Lipinski definition) is 5. The van der Waals surface area contributed by atoms with Crippen LogP contribution in [0.15, 0.2) is 30.7 Å². The summed E-state index contributed by atoms with van der Waals surface area (Å²) in [5.41, 5.74) is 7.49. The summed E-state index contributed by atoms with van der Waals surface area (Å²) in [5, 5.41) is 8.38. The molecule has 1 atom stereocenters. The summed E-state index contributed by atoms with van der Waals surface area (Å²) in [6, 6.07) is 4.64. The van der Waals surface area contributed by atoms with E-state index in [-0.39, 0.29) is 11.9 Å². The van der Waals surface area contributed by atoms with Crippen LogP contribution >= 0.6 is 0 Å². The van der Waals surface area contributed by atoms with E-state index in [4.69, 9.17) is 5.73 Å². The zero-order valence-electron chi connectivity index (χ0n) is 14.3. The summed E-state index contributed by atoms with van der Waals surface area (Å²) in [4.78, 5) is 19.0. The molecular formula is C18H24N6O. The monoisotopic (exact) mass is 340 g/mol. The van der Waals surface area contributed by atoms with E-state index >= 15 is 0 Å². The second-order valence-corrected chi connectivity index (χ2v) is 7.10. The SMILES string of the molecule is NC1CCC(n2cc(C(=O)N3CCCC3c3cccnc3)nn2)CC1. The molecule has 1 amide bonds. The van der Waals surface area contributed by atoms with Crippen LogP contribution in [0.3, 0.4) is 0 Å². The van der Waals surface area contributed by atoms with E-state index in [0.717, 1.165) is 50.6 Å². The number of hydrogen-bond donors (Lipinski definition) is 1.